The summed E-state index contributed by atoms with van der Waals surface area (Å²) in [5.41, 5.74) is 2.52. The van der Waals surface area contributed by atoms with Crippen molar-refractivity contribution in [2.45, 2.75) is 26.2 Å². The van der Waals surface area contributed by atoms with Gasteiger partial charge in [0.15, 0.2) is 11.3 Å². The van der Waals surface area contributed by atoms with E-state index in [0.29, 0.717) is 17.2 Å². The molecule has 0 N–H and O–H groups in total. The molecule has 0 bridgehead atoms. The highest BCUT2D eigenvalue weighted by Gasteiger charge is 2.24. The second-order valence-corrected chi connectivity index (χ2v) is 8.21. The van der Waals surface area contributed by atoms with Crippen molar-refractivity contribution >= 4 is 43.6 Å². The van der Waals surface area contributed by atoms with E-state index in [1.807, 2.05) is 24.3 Å². The Hall–Kier alpha value is -2.80. The molecule has 128 valence electrons. The largest absolute Gasteiger partial charge is 0.282 e. The fourth-order valence-electron chi connectivity index (χ4n) is 4.18. The first-order valence-corrected chi connectivity index (χ1v) is 9.62. The van der Waals surface area contributed by atoms with Gasteiger partial charge >= 0.3 is 0 Å². The number of aromatic nitrogens is 5. The number of aryl methyl sites for hydroxylation is 1. The van der Waals surface area contributed by atoms with Gasteiger partial charge in [-0.1, -0.05) is 31.2 Å². The lowest BCUT2D eigenvalue weighted by Gasteiger charge is -2.17. The minimum atomic E-state index is -0.0207. The number of rotatable bonds is 0. The number of nitrogens with zero attached hydrogens (tertiary/aromatic N) is 5. The first-order chi connectivity index (χ1) is 12.7. The molecule has 4 aromatic heterocycles. The van der Waals surface area contributed by atoms with Gasteiger partial charge in [-0.05, 0) is 30.7 Å². The predicted octanol–water partition coefficient (Wildman–Crippen LogP) is 3.23. The van der Waals surface area contributed by atoms with E-state index in [1.165, 1.54) is 10.4 Å². The molecule has 4 heterocycles. The van der Waals surface area contributed by atoms with E-state index in [4.69, 9.17) is 4.98 Å². The monoisotopic (exact) mass is 361 g/mol. The zero-order valence-corrected chi connectivity index (χ0v) is 15.0. The second-order valence-electron chi connectivity index (χ2n) is 7.13. The van der Waals surface area contributed by atoms with Crippen molar-refractivity contribution in [2.75, 3.05) is 0 Å². The topological polar surface area (TPSA) is 64.6 Å². The first kappa shape index (κ1) is 14.4. The third-order valence-electron chi connectivity index (χ3n) is 5.46. The molecule has 1 atom stereocenters. The maximum atomic E-state index is 13.5. The standard InChI is InChI=1S/C19H15N5OS/c1-10-6-7-13-14(8-10)26-18-15(13)19(25)24-16(21-18)11-4-2-3-5-12(11)17-22-20-9-23(17)24/h2-5,9-10H,6-8H2,1H3/t10-/m0/s1. The van der Waals surface area contributed by atoms with Crippen LogP contribution in [0.4, 0.5) is 0 Å². The molecule has 0 unspecified atom stereocenters. The van der Waals surface area contributed by atoms with Gasteiger partial charge < -0.3 is 0 Å². The molecular weight excluding hydrogens is 346 g/mol. The summed E-state index contributed by atoms with van der Waals surface area (Å²) in [6.45, 7) is 2.28. The van der Waals surface area contributed by atoms with Gasteiger partial charge in [-0.3, -0.25) is 4.79 Å². The van der Waals surface area contributed by atoms with Crippen LogP contribution in [0.3, 0.4) is 0 Å². The summed E-state index contributed by atoms with van der Waals surface area (Å²) in [6, 6.07) is 7.92. The number of fused-ring (bicyclic) bond motifs is 9. The Balaban J connectivity index is 1.89. The Bertz CT molecular complexity index is 1410. The Morgan fingerprint density at radius 3 is 2.85 bits per heavy atom. The van der Waals surface area contributed by atoms with Gasteiger partial charge in [-0.25, -0.2) is 9.50 Å². The zero-order valence-electron chi connectivity index (χ0n) is 14.1. The lowest BCUT2D eigenvalue weighted by molar-refractivity contribution is 0.509. The fraction of sp³-hybridized carbons (Fsp3) is 0.263. The van der Waals surface area contributed by atoms with Crippen molar-refractivity contribution in [3.05, 3.63) is 51.4 Å². The summed E-state index contributed by atoms with van der Waals surface area (Å²) in [7, 11) is 0. The van der Waals surface area contributed by atoms with Gasteiger partial charge in [-0.15, -0.1) is 21.5 Å². The minimum Gasteiger partial charge on any atom is -0.267 e. The molecule has 6 nitrogen and oxygen atoms in total. The van der Waals surface area contributed by atoms with Crippen molar-refractivity contribution in [2.24, 2.45) is 5.92 Å². The van der Waals surface area contributed by atoms with Crippen LogP contribution in [0.15, 0.2) is 35.4 Å². The van der Waals surface area contributed by atoms with E-state index in [2.05, 4.69) is 17.1 Å². The van der Waals surface area contributed by atoms with E-state index in [-0.39, 0.29) is 5.56 Å². The molecule has 0 saturated carbocycles. The van der Waals surface area contributed by atoms with E-state index >= 15 is 0 Å². The molecule has 0 aliphatic heterocycles. The average Bonchev–Trinajstić information content (AvgIpc) is 3.26. The number of benzene rings is 1. The van der Waals surface area contributed by atoms with Gasteiger partial charge in [0.25, 0.3) is 5.56 Å². The molecule has 0 saturated heterocycles. The van der Waals surface area contributed by atoms with Crippen LogP contribution < -0.4 is 5.56 Å². The highest BCUT2D eigenvalue weighted by Crippen LogP contribution is 2.36. The van der Waals surface area contributed by atoms with Gasteiger partial charge in [0.05, 0.1) is 5.39 Å². The summed E-state index contributed by atoms with van der Waals surface area (Å²) in [5, 5.41) is 10.9. The first-order valence-electron chi connectivity index (χ1n) is 8.80. The normalized spacial score (nSPS) is 17.5. The van der Waals surface area contributed by atoms with Crippen molar-refractivity contribution in [1.29, 1.82) is 0 Å². The van der Waals surface area contributed by atoms with Crippen LogP contribution in [-0.2, 0) is 12.8 Å². The SMILES string of the molecule is C[C@H]1CCc2c(sc3nc4c5ccccc5c5nncn5n4c(=O)c23)C1. The number of hydrogen-bond acceptors (Lipinski definition) is 5. The molecule has 0 radical (unpaired) electrons. The highest BCUT2D eigenvalue weighted by atomic mass is 32.1. The Labute approximate surface area is 151 Å². The van der Waals surface area contributed by atoms with Gasteiger partial charge in [-0.2, -0.15) is 4.52 Å². The Morgan fingerprint density at radius 1 is 1.19 bits per heavy atom. The van der Waals surface area contributed by atoms with Gasteiger partial charge in [0.2, 0.25) is 0 Å². The summed E-state index contributed by atoms with van der Waals surface area (Å²) in [5.74, 6) is 0.665. The van der Waals surface area contributed by atoms with Crippen LogP contribution in [0, 0.1) is 5.92 Å². The van der Waals surface area contributed by atoms with E-state index in [9.17, 15) is 4.79 Å². The van der Waals surface area contributed by atoms with Crippen LogP contribution in [0.5, 0.6) is 0 Å². The van der Waals surface area contributed by atoms with E-state index in [0.717, 1.165) is 40.3 Å². The van der Waals surface area contributed by atoms with Crippen molar-refractivity contribution in [3.63, 3.8) is 0 Å². The quantitative estimate of drug-likeness (QED) is 0.397. The minimum absolute atomic E-state index is 0.0207. The summed E-state index contributed by atoms with van der Waals surface area (Å²) < 4.78 is 3.35. The summed E-state index contributed by atoms with van der Waals surface area (Å²) >= 11 is 1.68. The predicted molar refractivity (Wildman–Crippen MR) is 102 cm³/mol. The molecule has 7 heteroatoms. The lowest BCUT2D eigenvalue weighted by atomic mass is 9.89. The van der Waals surface area contributed by atoms with Crippen LogP contribution in [0.1, 0.15) is 23.8 Å². The van der Waals surface area contributed by atoms with Gasteiger partial charge in [0, 0.05) is 15.6 Å². The van der Waals surface area contributed by atoms with E-state index < -0.39 is 0 Å². The van der Waals surface area contributed by atoms with Crippen LogP contribution in [0.25, 0.3) is 32.3 Å². The molecule has 6 rings (SSSR count). The van der Waals surface area contributed by atoms with Crippen molar-refractivity contribution in [3.8, 4) is 0 Å². The zero-order chi connectivity index (χ0) is 17.4. The third-order valence-corrected chi connectivity index (χ3v) is 6.61. The van der Waals surface area contributed by atoms with E-state index in [1.54, 1.807) is 26.7 Å². The summed E-state index contributed by atoms with van der Waals surface area (Å²) in [4.78, 5) is 20.6. The number of hydrogen-bond donors (Lipinski definition) is 0. The molecule has 26 heavy (non-hydrogen) atoms. The van der Waals surface area contributed by atoms with Gasteiger partial charge in [0.1, 0.15) is 11.2 Å². The molecule has 0 amide bonds. The highest BCUT2D eigenvalue weighted by molar-refractivity contribution is 7.18. The van der Waals surface area contributed by atoms with Crippen LogP contribution in [-0.4, -0.2) is 24.2 Å². The second kappa shape index (κ2) is 4.88. The fourth-order valence-corrected chi connectivity index (χ4v) is 5.56. The maximum Gasteiger partial charge on any atom is 0.282 e. The molecule has 1 aliphatic carbocycles. The number of thiophene rings is 1. The van der Waals surface area contributed by atoms with Crippen molar-refractivity contribution in [1.82, 2.24) is 24.2 Å². The molecule has 0 spiro atoms. The maximum absolute atomic E-state index is 13.5. The molecule has 5 aromatic rings. The third kappa shape index (κ3) is 1.71. The average molecular weight is 361 g/mol. The van der Waals surface area contributed by atoms with Crippen LogP contribution in [0.2, 0.25) is 0 Å². The van der Waals surface area contributed by atoms with Crippen LogP contribution >= 0.6 is 11.3 Å². The van der Waals surface area contributed by atoms with Crippen molar-refractivity contribution < 1.29 is 0 Å². The smallest absolute Gasteiger partial charge is 0.267 e. The summed E-state index contributed by atoms with van der Waals surface area (Å²) in [6.07, 6.45) is 4.71. The molecule has 1 aromatic carbocycles. The lowest BCUT2D eigenvalue weighted by Crippen LogP contribution is -2.22. The molecular formula is C19H15N5OS. The molecule has 0 fully saturated rings. The Kier molecular flexibility index (Phi) is 2.70. The molecule has 1 aliphatic rings. The Morgan fingerprint density at radius 2 is 2.00 bits per heavy atom.